The SMILES string of the molecule is CC(=O)OC1C(=O)[C@]2(C)C(O)C[C@@H](C)C(O)(CO)C2C(C)C2(O)CC(O)C(C)=C1C2(C)C. The first kappa shape index (κ1) is 25.3. The number of carbonyl (C=O) groups excluding carboxylic acids is 2. The molecule has 0 aromatic rings. The van der Waals surface area contributed by atoms with Gasteiger partial charge in [0.15, 0.2) is 11.9 Å². The summed E-state index contributed by atoms with van der Waals surface area (Å²) in [6.07, 6.45) is -3.74. The average Bonchev–Trinajstić information content (AvgIpc) is 2.68. The van der Waals surface area contributed by atoms with Gasteiger partial charge >= 0.3 is 5.97 Å². The lowest BCUT2D eigenvalue weighted by atomic mass is 9.42. The Hall–Kier alpha value is -1.32. The molecule has 8 nitrogen and oxygen atoms in total. The van der Waals surface area contributed by atoms with Crippen molar-refractivity contribution in [3.8, 4) is 0 Å². The van der Waals surface area contributed by atoms with Crippen molar-refractivity contribution in [3.63, 3.8) is 0 Å². The van der Waals surface area contributed by atoms with E-state index in [1.54, 1.807) is 34.6 Å². The molecule has 0 aromatic carbocycles. The number of Topliss-reactive ketones (excluding diaryl/α,β-unsaturated/α-hetero) is 1. The summed E-state index contributed by atoms with van der Waals surface area (Å²) in [6, 6.07) is 0. The van der Waals surface area contributed by atoms with E-state index in [1.165, 1.54) is 13.8 Å². The standard InChI is InChI=1S/C24H38O8/c1-11-8-16(28)22(7)19(23(11,30)10-25)13(3)24(31)9-15(27)12(2)17(21(24,5)6)18(20(22)29)32-14(4)26/h11,13,15-16,18-19,25,27-28,30-31H,8-10H2,1-7H3/t11-,13?,15?,16?,18?,19?,22-,23?,24?/m1/s1. The summed E-state index contributed by atoms with van der Waals surface area (Å²) in [5, 5.41) is 56.2. The summed E-state index contributed by atoms with van der Waals surface area (Å²) in [5.74, 6) is -3.76. The molecule has 3 aliphatic carbocycles. The van der Waals surface area contributed by atoms with Gasteiger partial charge in [-0.15, -0.1) is 0 Å². The lowest BCUT2D eigenvalue weighted by molar-refractivity contribution is -0.256. The normalized spacial score (nSPS) is 48.6. The van der Waals surface area contributed by atoms with Crippen molar-refractivity contribution in [1.82, 2.24) is 0 Å². The number of aliphatic hydroxyl groups is 5. The first-order chi connectivity index (χ1) is 14.5. The van der Waals surface area contributed by atoms with Gasteiger partial charge in [-0.1, -0.05) is 27.7 Å². The lowest BCUT2D eigenvalue weighted by Gasteiger charge is -2.64. The molecule has 9 atom stereocenters. The minimum absolute atomic E-state index is 0.0534. The molecule has 7 unspecified atom stereocenters. The molecule has 0 spiro atoms. The van der Waals surface area contributed by atoms with Crippen LogP contribution < -0.4 is 0 Å². The molecule has 32 heavy (non-hydrogen) atoms. The predicted octanol–water partition coefficient (Wildman–Crippen LogP) is 0.722. The van der Waals surface area contributed by atoms with Crippen molar-refractivity contribution in [1.29, 1.82) is 0 Å². The molecule has 2 bridgehead atoms. The van der Waals surface area contributed by atoms with Crippen LogP contribution >= 0.6 is 0 Å². The van der Waals surface area contributed by atoms with Crippen molar-refractivity contribution in [3.05, 3.63) is 11.1 Å². The molecule has 3 rings (SSSR count). The number of esters is 1. The number of hydrogen-bond acceptors (Lipinski definition) is 8. The first-order valence-electron chi connectivity index (χ1n) is 11.4. The van der Waals surface area contributed by atoms with Crippen molar-refractivity contribution < 1.29 is 39.9 Å². The largest absolute Gasteiger partial charge is 0.450 e. The van der Waals surface area contributed by atoms with Gasteiger partial charge in [0.05, 0.1) is 35.4 Å². The van der Waals surface area contributed by atoms with E-state index < -0.39 is 76.5 Å². The van der Waals surface area contributed by atoms with Crippen LogP contribution in [-0.4, -0.2) is 73.4 Å². The number of ketones is 1. The van der Waals surface area contributed by atoms with Crippen LogP contribution in [0.2, 0.25) is 0 Å². The fraction of sp³-hybridized carbons (Fsp3) is 0.833. The van der Waals surface area contributed by atoms with Crippen LogP contribution in [0.15, 0.2) is 11.1 Å². The summed E-state index contributed by atoms with van der Waals surface area (Å²) in [5.41, 5.74) is -5.38. The van der Waals surface area contributed by atoms with Gasteiger partial charge in [-0.3, -0.25) is 9.59 Å². The number of carbonyl (C=O) groups is 2. The lowest BCUT2D eigenvalue weighted by Crippen LogP contribution is -2.74. The monoisotopic (exact) mass is 454 g/mol. The zero-order valence-corrected chi connectivity index (χ0v) is 20.0. The van der Waals surface area contributed by atoms with Gasteiger partial charge in [0.1, 0.15) is 0 Å². The molecule has 2 fully saturated rings. The summed E-state index contributed by atoms with van der Waals surface area (Å²) >= 11 is 0. The third kappa shape index (κ3) is 2.99. The Kier molecular flexibility index (Phi) is 6.01. The fourth-order valence-corrected chi connectivity index (χ4v) is 7.21. The zero-order valence-electron chi connectivity index (χ0n) is 20.0. The molecule has 3 aliphatic rings. The van der Waals surface area contributed by atoms with E-state index in [2.05, 4.69) is 0 Å². The quantitative estimate of drug-likeness (QED) is 0.303. The topological polar surface area (TPSA) is 145 Å². The second-order valence-corrected chi connectivity index (χ2v) is 11.1. The maximum Gasteiger partial charge on any atom is 0.303 e. The Bertz CT molecular complexity index is 849. The summed E-state index contributed by atoms with van der Waals surface area (Å²) in [7, 11) is 0. The number of rotatable bonds is 2. The van der Waals surface area contributed by atoms with Crippen molar-refractivity contribution in [2.24, 2.45) is 28.6 Å². The fourth-order valence-electron chi connectivity index (χ4n) is 7.21. The van der Waals surface area contributed by atoms with E-state index >= 15 is 0 Å². The zero-order chi connectivity index (χ0) is 24.6. The smallest absolute Gasteiger partial charge is 0.303 e. The van der Waals surface area contributed by atoms with Gasteiger partial charge in [-0.25, -0.2) is 0 Å². The van der Waals surface area contributed by atoms with Crippen LogP contribution in [0.3, 0.4) is 0 Å². The second kappa shape index (κ2) is 7.60. The molecule has 0 saturated heterocycles. The highest BCUT2D eigenvalue weighted by molar-refractivity contribution is 5.94. The van der Waals surface area contributed by atoms with Gasteiger partial charge in [0.2, 0.25) is 0 Å². The van der Waals surface area contributed by atoms with Crippen LogP contribution in [0.1, 0.15) is 61.3 Å². The third-order valence-corrected chi connectivity index (χ3v) is 9.31. The Morgan fingerprint density at radius 1 is 1.16 bits per heavy atom. The Balaban J connectivity index is 2.43. The number of hydrogen-bond donors (Lipinski definition) is 5. The van der Waals surface area contributed by atoms with Crippen molar-refractivity contribution >= 4 is 11.8 Å². The van der Waals surface area contributed by atoms with E-state index in [-0.39, 0.29) is 12.8 Å². The molecular formula is C24H38O8. The first-order valence-corrected chi connectivity index (χ1v) is 11.4. The van der Waals surface area contributed by atoms with Crippen LogP contribution in [0.4, 0.5) is 0 Å². The Morgan fingerprint density at radius 3 is 2.22 bits per heavy atom. The highest BCUT2D eigenvalue weighted by Gasteiger charge is 2.71. The molecule has 0 aliphatic heterocycles. The molecule has 0 radical (unpaired) electrons. The van der Waals surface area contributed by atoms with E-state index in [0.717, 1.165) is 0 Å². The van der Waals surface area contributed by atoms with E-state index in [9.17, 15) is 35.1 Å². The van der Waals surface area contributed by atoms with Gasteiger partial charge < -0.3 is 30.3 Å². The molecule has 2 saturated carbocycles. The predicted molar refractivity (Wildman–Crippen MR) is 115 cm³/mol. The van der Waals surface area contributed by atoms with Gasteiger partial charge in [0, 0.05) is 24.7 Å². The maximum absolute atomic E-state index is 14.2. The summed E-state index contributed by atoms with van der Waals surface area (Å²) < 4.78 is 5.53. The van der Waals surface area contributed by atoms with Crippen LogP contribution in [-0.2, 0) is 14.3 Å². The van der Waals surface area contributed by atoms with E-state index in [0.29, 0.717) is 11.1 Å². The number of fused-ring (bicyclic) bond motifs is 3. The maximum atomic E-state index is 14.2. The average molecular weight is 455 g/mol. The van der Waals surface area contributed by atoms with Crippen LogP contribution in [0, 0.1) is 28.6 Å². The minimum atomic E-state index is -1.78. The number of aliphatic hydroxyl groups excluding tert-OH is 3. The molecule has 0 heterocycles. The van der Waals surface area contributed by atoms with Gasteiger partial charge in [0.25, 0.3) is 0 Å². The molecule has 182 valence electrons. The van der Waals surface area contributed by atoms with Crippen molar-refractivity contribution in [2.75, 3.05) is 6.61 Å². The van der Waals surface area contributed by atoms with E-state index in [4.69, 9.17) is 4.74 Å². The molecule has 0 amide bonds. The highest BCUT2D eigenvalue weighted by atomic mass is 16.5. The number of ether oxygens (including phenoxy) is 1. The second-order valence-electron chi connectivity index (χ2n) is 11.1. The van der Waals surface area contributed by atoms with Crippen LogP contribution in [0.5, 0.6) is 0 Å². The Labute approximate surface area is 189 Å². The Morgan fingerprint density at radius 2 is 1.72 bits per heavy atom. The third-order valence-electron chi connectivity index (χ3n) is 9.31. The van der Waals surface area contributed by atoms with Crippen molar-refractivity contribution in [2.45, 2.75) is 90.8 Å². The molecule has 8 heteroatoms. The minimum Gasteiger partial charge on any atom is -0.450 e. The van der Waals surface area contributed by atoms with E-state index in [1.807, 2.05) is 0 Å². The molecular weight excluding hydrogens is 416 g/mol. The highest BCUT2D eigenvalue weighted by Crippen LogP contribution is 2.63. The van der Waals surface area contributed by atoms with Gasteiger partial charge in [-0.05, 0) is 43.3 Å². The summed E-state index contributed by atoms with van der Waals surface area (Å²) in [6.45, 7) is 10.5. The molecule has 5 N–H and O–H groups in total. The summed E-state index contributed by atoms with van der Waals surface area (Å²) in [4.78, 5) is 26.2. The van der Waals surface area contributed by atoms with Gasteiger partial charge in [-0.2, -0.15) is 0 Å². The van der Waals surface area contributed by atoms with Crippen LogP contribution in [0.25, 0.3) is 0 Å². The molecule has 0 aromatic heterocycles.